The Labute approximate surface area is 229 Å². The summed E-state index contributed by atoms with van der Waals surface area (Å²) in [4.78, 5) is 41.7. The molecule has 40 heavy (non-hydrogen) atoms. The highest BCUT2D eigenvalue weighted by atomic mass is 16.5. The lowest BCUT2D eigenvalue weighted by Gasteiger charge is -2.20. The third kappa shape index (κ3) is 5.41. The molecule has 0 unspecified atom stereocenters. The maximum absolute atomic E-state index is 13.3. The van der Waals surface area contributed by atoms with E-state index in [0.29, 0.717) is 42.5 Å². The molecule has 1 N–H and O–H groups in total. The molecule has 4 aromatic rings. The summed E-state index contributed by atoms with van der Waals surface area (Å²) < 4.78 is 19.1. The first-order chi connectivity index (χ1) is 19.6. The van der Waals surface area contributed by atoms with Gasteiger partial charge < -0.3 is 24.4 Å². The van der Waals surface area contributed by atoms with Crippen LogP contribution in [-0.2, 0) is 29.1 Å². The fraction of sp³-hybridized carbons (Fsp3) is 0.370. The third-order valence-electron chi connectivity index (χ3n) is 6.91. The smallest absolute Gasteiger partial charge is 0.274 e. The zero-order valence-electron chi connectivity index (χ0n) is 21.9. The van der Waals surface area contributed by atoms with Gasteiger partial charge in [0.2, 0.25) is 11.8 Å². The standard InChI is InChI=1S/C27H28N8O5/c1-38-27-20(29-18-5-2-3-6-19(18)31-27)8-9-24(36)34-14-21-23(15-34)40-16-17-13-35(33-32-17)11-12-39-22-7-4-10-28-25(22)26(37)30-21/h2-7,10,13,21,23H,8-9,11-12,14-16H2,1H3,(H,30,37)/t21-,23-/m0/s1. The van der Waals surface area contributed by atoms with Gasteiger partial charge in [-0.3, -0.25) is 9.59 Å². The van der Waals surface area contributed by atoms with Crippen LogP contribution in [0.4, 0.5) is 0 Å². The molecule has 0 saturated carbocycles. The number of likely N-dealkylation sites (tertiary alicyclic amines) is 1. The van der Waals surface area contributed by atoms with E-state index in [-0.39, 0.29) is 37.8 Å². The lowest BCUT2D eigenvalue weighted by molar-refractivity contribution is -0.130. The van der Waals surface area contributed by atoms with Crippen LogP contribution in [0, 0.1) is 0 Å². The van der Waals surface area contributed by atoms with Crippen LogP contribution in [0.25, 0.3) is 11.0 Å². The average Bonchev–Trinajstić information content (AvgIpc) is 3.60. The minimum absolute atomic E-state index is 0.0897. The zero-order valence-corrected chi connectivity index (χ0v) is 21.9. The highest BCUT2D eigenvalue weighted by molar-refractivity contribution is 5.95. The van der Waals surface area contributed by atoms with Gasteiger partial charge >= 0.3 is 0 Å². The van der Waals surface area contributed by atoms with Crippen LogP contribution in [-0.4, -0.2) is 85.6 Å². The van der Waals surface area contributed by atoms with Crippen molar-refractivity contribution in [3.63, 3.8) is 0 Å². The van der Waals surface area contributed by atoms with Crippen LogP contribution in [0.15, 0.2) is 48.8 Å². The molecule has 2 bridgehead atoms. The van der Waals surface area contributed by atoms with Gasteiger partial charge in [-0.25, -0.2) is 19.6 Å². The second kappa shape index (κ2) is 11.2. The molecular weight excluding hydrogens is 516 g/mol. The van der Waals surface area contributed by atoms with Gasteiger partial charge in [0.15, 0.2) is 11.4 Å². The van der Waals surface area contributed by atoms with Gasteiger partial charge in [-0.1, -0.05) is 17.3 Å². The maximum atomic E-state index is 13.3. The van der Waals surface area contributed by atoms with E-state index in [2.05, 4.69) is 30.6 Å². The molecule has 2 amide bonds. The van der Waals surface area contributed by atoms with Crippen LogP contribution >= 0.6 is 0 Å². The Morgan fingerprint density at radius 2 is 2.00 bits per heavy atom. The monoisotopic (exact) mass is 544 g/mol. The Hall–Kier alpha value is -4.65. The van der Waals surface area contributed by atoms with Crippen LogP contribution in [0.2, 0.25) is 0 Å². The Kier molecular flexibility index (Phi) is 7.19. The molecule has 1 aromatic carbocycles. The van der Waals surface area contributed by atoms with Crippen LogP contribution in [0.3, 0.4) is 0 Å². The van der Waals surface area contributed by atoms with Crippen LogP contribution < -0.4 is 14.8 Å². The Morgan fingerprint density at radius 3 is 2.85 bits per heavy atom. The van der Waals surface area contributed by atoms with Crippen LogP contribution in [0.1, 0.15) is 28.3 Å². The van der Waals surface area contributed by atoms with Gasteiger partial charge in [0.25, 0.3) is 5.91 Å². The topological polar surface area (TPSA) is 146 Å². The number of carbonyl (C=O) groups is 2. The molecule has 13 heteroatoms. The van der Waals surface area contributed by atoms with E-state index in [0.717, 1.165) is 11.0 Å². The fourth-order valence-electron chi connectivity index (χ4n) is 4.88. The van der Waals surface area contributed by atoms with Crippen molar-refractivity contribution in [3.05, 3.63) is 65.9 Å². The Morgan fingerprint density at radius 1 is 1.15 bits per heavy atom. The van der Waals surface area contributed by atoms with Crippen molar-refractivity contribution in [1.29, 1.82) is 0 Å². The number of rotatable bonds is 4. The molecule has 1 saturated heterocycles. The van der Waals surface area contributed by atoms with Gasteiger partial charge in [0.1, 0.15) is 18.0 Å². The largest absolute Gasteiger partial charge is 0.489 e. The van der Waals surface area contributed by atoms with Gasteiger partial charge in [-0.05, 0) is 24.3 Å². The highest BCUT2D eigenvalue weighted by Gasteiger charge is 2.38. The first-order valence-electron chi connectivity index (χ1n) is 13.0. The van der Waals surface area contributed by atoms with Crippen molar-refractivity contribution in [2.24, 2.45) is 0 Å². The number of ether oxygens (including phenoxy) is 3. The van der Waals surface area contributed by atoms with E-state index in [1.54, 1.807) is 27.9 Å². The summed E-state index contributed by atoms with van der Waals surface area (Å²) in [6, 6.07) is 10.5. The van der Waals surface area contributed by atoms with Crippen molar-refractivity contribution >= 4 is 22.8 Å². The predicted molar refractivity (Wildman–Crippen MR) is 141 cm³/mol. The first-order valence-corrected chi connectivity index (χ1v) is 13.0. The molecule has 5 heterocycles. The predicted octanol–water partition coefficient (Wildman–Crippen LogP) is 1.18. The SMILES string of the molecule is COc1nc2ccccc2nc1CCC(=O)N1C[C@@H]2NC(=O)c3ncccc3OCCn3cc(nn3)CO[C@H]2C1. The summed E-state index contributed by atoms with van der Waals surface area (Å²) in [7, 11) is 1.54. The fourth-order valence-corrected chi connectivity index (χ4v) is 4.88. The molecule has 13 nitrogen and oxygen atoms in total. The molecular formula is C27H28N8O5. The lowest BCUT2D eigenvalue weighted by Crippen LogP contribution is -2.44. The summed E-state index contributed by atoms with van der Waals surface area (Å²) in [6.07, 6.45) is 3.43. The number of benzene rings is 1. The highest BCUT2D eigenvalue weighted by Crippen LogP contribution is 2.23. The molecule has 2 aliphatic heterocycles. The number of fused-ring (bicyclic) bond motifs is 5. The Balaban J connectivity index is 1.19. The second-order valence-corrected chi connectivity index (χ2v) is 9.57. The molecule has 2 atom stereocenters. The number of para-hydroxylation sites is 2. The lowest BCUT2D eigenvalue weighted by atomic mass is 10.2. The van der Waals surface area contributed by atoms with Crippen molar-refractivity contribution in [1.82, 2.24) is 40.2 Å². The normalized spacial score (nSPS) is 19.2. The third-order valence-corrected chi connectivity index (χ3v) is 6.91. The zero-order chi connectivity index (χ0) is 27.5. The number of hydrogen-bond acceptors (Lipinski definition) is 10. The van der Waals surface area contributed by atoms with Gasteiger partial charge in [0, 0.05) is 32.1 Å². The second-order valence-electron chi connectivity index (χ2n) is 9.57. The Bertz CT molecular complexity index is 1540. The molecule has 2 aliphatic rings. The molecule has 206 valence electrons. The molecule has 6 rings (SSSR count). The number of aromatic nitrogens is 6. The number of pyridine rings is 1. The summed E-state index contributed by atoms with van der Waals surface area (Å²) in [5.41, 5.74) is 2.90. The van der Waals surface area contributed by atoms with Gasteiger partial charge in [-0.2, -0.15) is 0 Å². The number of carbonyl (C=O) groups excluding carboxylic acids is 2. The minimum atomic E-state index is -0.459. The minimum Gasteiger partial charge on any atom is -0.489 e. The van der Waals surface area contributed by atoms with Gasteiger partial charge in [-0.15, -0.1) is 5.10 Å². The van der Waals surface area contributed by atoms with E-state index < -0.39 is 18.1 Å². The average molecular weight is 545 g/mol. The number of methoxy groups -OCH3 is 1. The van der Waals surface area contributed by atoms with Crippen molar-refractivity contribution in [2.75, 3.05) is 26.8 Å². The molecule has 1 fully saturated rings. The first kappa shape index (κ1) is 25.6. The summed E-state index contributed by atoms with van der Waals surface area (Å²) >= 11 is 0. The number of hydrogen-bond donors (Lipinski definition) is 1. The van der Waals surface area contributed by atoms with E-state index in [1.165, 1.54) is 13.3 Å². The number of amides is 2. The summed E-state index contributed by atoms with van der Waals surface area (Å²) in [5.74, 6) is 0.283. The number of nitrogens with one attached hydrogen (secondary N) is 1. The van der Waals surface area contributed by atoms with Crippen LogP contribution in [0.5, 0.6) is 11.6 Å². The quantitative estimate of drug-likeness (QED) is 0.397. The summed E-state index contributed by atoms with van der Waals surface area (Å²) in [6.45, 7) is 1.52. The van der Waals surface area contributed by atoms with E-state index >= 15 is 0 Å². The van der Waals surface area contributed by atoms with E-state index in [4.69, 9.17) is 14.2 Å². The number of nitrogens with zero attached hydrogens (tertiary/aromatic N) is 7. The summed E-state index contributed by atoms with van der Waals surface area (Å²) in [5, 5.41) is 11.3. The van der Waals surface area contributed by atoms with Crippen molar-refractivity contribution < 1.29 is 23.8 Å². The van der Waals surface area contributed by atoms with E-state index in [1.807, 2.05) is 24.3 Å². The molecule has 0 aliphatic carbocycles. The molecule has 3 aromatic heterocycles. The van der Waals surface area contributed by atoms with Crippen molar-refractivity contribution in [2.45, 2.75) is 38.1 Å². The molecule has 0 radical (unpaired) electrons. The maximum Gasteiger partial charge on any atom is 0.274 e. The molecule has 0 spiro atoms. The van der Waals surface area contributed by atoms with Gasteiger partial charge in [0.05, 0.1) is 49.6 Å². The van der Waals surface area contributed by atoms with Crippen molar-refractivity contribution in [3.8, 4) is 11.6 Å². The van der Waals surface area contributed by atoms with E-state index in [9.17, 15) is 9.59 Å². The number of aryl methyl sites for hydroxylation is 1.